The second-order valence-electron chi connectivity index (χ2n) is 9.05. The summed E-state index contributed by atoms with van der Waals surface area (Å²) in [6.45, 7) is 4.62. The Labute approximate surface area is 233 Å². The Kier molecular flexibility index (Phi) is 8.70. The van der Waals surface area contributed by atoms with Crippen LogP contribution in [0.4, 0.5) is 13.2 Å². The number of carbonyl (C=O) groups excluding carboxylic acids is 1. The highest BCUT2D eigenvalue weighted by atomic mass is 35.5. The zero-order valence-corrected chi connectivity index (χ0v) is 22.5. The average molecular weight is 576 g/mol. The Hall–Kier alpha value is -4.02. The monoisotopic (exact) mass is 575 g/mol. The zero-order valence-electron chi connectivity index (χ0n) is 21.7. The SMILES string of the molecule is Cc1nc2cc(CO)c(Cl)cc2c(OCOC(=O)C(C)C)c1-c1ccc(Oc2ccc(OC(F)(F)F)cc2)cc1. The minimum Gasteiger partial charge on any atom is -0.457 e. The molecule has 0 saturated heterocycles. The average Bonchev–Trinajstić information content (AvgIpc) is 2.89. The summed E-state index contributed by atoms with van der Waals surface area (Å²) in [5, 5.41) is 10.5. The lowest BCUT2D eigenvalue weighted by Crippen LogP contribution is -2.16. The molecule has 0 fully saturated rings. The normalized spacial score (nSPS) is 11.5. The van der Waals surface area contributed by atoms with E-state index in [4.69, 9.17) is 25.8 Å². The lowest BCUT2D eigenvalue weighted by atomic mass is 9.99. The quantitative estimate of drug-likeness (QED) is 0.162. The van der Waals surface area contributed by atoms with Gasteiger partial charge in [-0.05, 0) is 66.6 Å². The van der Waals surface area contributed by atoms with Gasteiger partial charge in [0, 0.05) is 21.7 Å². The summed E-state index contributed by atoms with van der Waals surface area (Å²) in [6.07, 6.45) is -4.78. The molecule has 210 valence electrons. The molecule has 1 heterocycles. The number of benzene rings is 3. The van der Waals surface area contributed by atoms with Crippen molar-refractivity contribution in [3.8, 4) is 34.1 Å². The molecule has 0 bridgehead atoms. The summed E-state index contributed by atoms with van der Waals surface area (Å²) in [5.41, 5.74) is 2.99. The molecule has 0 aliphatic rings. The second-order valence-corrected chi connectivity index (χ2v) is 9.45. The van der Waals surface area contributed by atoms with Crippen LogP contribution in [-0.2, 0) is 16.1 Å². The van der Waals surface area contributed by atoms with Gasteiger partial charge >= 0.3 is 12.3 Å². The maximum absolute atomic E-state index is 12.4. The van der Waals surface area contributed by atoms with Gasteiger partial charge in [0.1, 0.15) is 23.0 Å². The van der Waals surface area contributed by atoms with Gasteiger partial charge in [-0.25, -0.2) is 0 Å². The maximum Gasteiger partial charge on any atom is 0.573 e. The molecule has 1 aromatic heterocycles. The van der Waals surface area contributed by atoms with Crippen molar-refractivity contribution in [3.05, 3.63) is 76.9 Å². The Morgan fingerprint density at radius 3 is 2.17 bits per heavy atom. The summed E-state index contributed by atoms with van der Waals surface area (Å²) in [5.74, 6) is 0.0320. The summed E-state index contributed by atoms with van der Waals surface area (Å²) < 4.78 is 58.0. The standard InChI is InChI=1S/C29H25ClF3NO6/c1-16(2)28(36)38-15-37-27-23-13-24(30)19(14-35)12-25(23)34-17(3)26(27)18-4-6-20(7-5-18)39-21-8-10-22(11-9-21)40-29(31,32)33/h4-13,16,35H,14-15H2,1-3H3. The van der Waals surface area contributed by atoms with Crippen molar-refractivity contribution in [2.45, 2.75) is 33.7 Å². The zero-order chi connectivity index (χ0) is 29.0. The maximum atomic E-state index is 12.4. The van der Waals surface area contributed by atoms with Crippen molar-refractivity contribution < 1.29 is 42.0 Å². The molecule has 0 amide bonds. The molecule has 1 N–H and O–H groups in total. The van der Waals surface area contributed by atoms with E-state index in [1.54, 1.807) is 57.2 Å². The van der Waals surface area contributed by atoms with Gasteiger partial charge in [0.2, 0.25) is 6.79 Å². The smallest absolute Gasteiger partial charge is 0.457 e. The van der Waals surface area contributed by atoms with Crippen LogP contribution in [0.1, 0.15) is 25.1 Å². The highest BCUT2D eigenvalue weighted by molar-refractivity contribution is 6.32. The van der Waals surface area contributed by atoms with E-state index in [1.165, 1.54) is 12.1 Å². The van der Waals surface area contributed by atoms with Crippen LogP contribution in [-0.4, -0.2) is 29.2 Å². The first kappa shape index (κ1) is 29.0. The van der Waals surface area contributed by atoms with E-state index in [0.29, 0.717) is 55.6 Å². The van der Waals surface area contributed by atoms with E-state index in [-0.39, 0.29) is 25.1 Å². The Morgan fingerprint density at radius 1 is 1.00 bits per heavy atom. The third-order valence-electron chi connectivity index (χ3n) is 5.77. The first-order chi connectivity index (χ1) is 18.9. The number of ether oxygens (including phenoxy) is 4. The molecule has 7 nitrogen and oxygen atoms in total. The number of alkyl halides is 3. The van der Waals surface area contributed by atoms with E-state index in [1.807, 2.05) is 0 Å². The molecule has 4 rings (SSSR count). The number of hydrogen-bond acceptors (Lipinski definition) is 7. The number of halogens is 4. The fourth-order valence-corrected chi connectivity index (χ4v) is 4.10. The fraction of sp³-hybridized carbons (Fsp3) is 0.241. The first-order valence-corrected chi connectivity index (χ1v) is 12.5. The third-order valence-corrected chi connectivity index (χ3v) is 6.12. The number of esters is 1. The molecule has 0 atom stereocenters. The predicted octanol–water partition coefficient (Wildman–Crippen LogP) is 7.58. The van der Waals surface area contributed by atoms with Gasteiger partial charge < -0.3 is 24.1 Å². The van der Waals surface area contributed by atoms with Gasteiger partial charge in [-0.1, -0.05) is 37.6 Å². The number of nitrogens with zero attached hydrogens (tertiary/aromatic N) is 1. The summed E-state index contributed by atoms with van der Waals surface area (Å²) >= 11 is 6.37. The number of fused-ring (bicyclic) bond motifs is 1. The molecule has 0 spiro atoms. The van der Waals surface area contributed by atoms with Crippen LogP contribution < -0.4 is 14.2 Å². The number of aryl methyl sites for hydroxylation is 1. The van der Waals surface area contributed by atoms with Crippen LogP contribution in [0, 0.1) is 12.8 Å². The summed E-state index contributed by atoms with van der Waals surface area (Å²) in [4.78, 5) is 16.7. The molecule has 40 heavy (non-hydrogen) atoms. The molecule has 0 unspecified atom stereocenters. The van der Waals surface area contributed by atoms with E-state index in [2.05, 4.69) is 9.72 Å². The molecule has 11 heteroatoms. The number of aromatic nitrogens is 1. The molecule has 4 aromatic rings. The van der Waals surface area contributed by atoms with Crippen LogP contribution in [0.15, 0.2) is 60.7 Å². The van der Waals surface area contributed by atoms with Crippen molar-refractivity contribution in [1.29, 1.82) is 0 Å². The van der Waals surface area contributed by atoms with Crippen LogP contribution in [0.3, 0.4) is 0 Å². The van der Waals surface area contributed by atoms with Crippen LogP contribution in [0.5, 0.6) is 23.0 Å². The number of aliphatic hydroxyl groups is 1. The Bertz CT molecular complexity index is 1510. The largest absolute Gasteiger partial charge is 0.573 e. The number of carbonyl (C=O) groups is 1. The first-order valence-electron chi connectivity index (χ1n) is 12.1. The van der Waals surface area contributed by atoms with Crippen molar-refractivity contribution in [2.75, 3.05) is 6.79 Å². The van der Waals surface area contributed by atoms with E-state index in [9.17, 15) is 23.1 Å². The second kappa shape index (κ2) is 12.0. The van der Waals surface area contributed by atoms with Crippen LogP contribution in [0.25, 0.3) is 22.0 Å². The minimum absolute atomic E-state index is 0.265. The van der Waals surface area contributed by atoms with Gasteiger partial charge in [-0.2, -0.15) is 0 Å². The molecule has 0 radical (unpaired) electrons. The van der Waals surface area contributed by atoms with Gasteiger partial charge in [0.15, 0.2) is 0 Å². The van der Waals surface area contributed by atoms with E-state index < -0.39 is 12.3 Å². The van der Waals surface area contributed by atoms with Gasteiger partial charge in [0.05, 0.1) is 18.0 Å². The van der Waals surface area contributed by atoms with Crippen LogP contribution in [0.2, 0.25) is 5.02 Å². The predicted molar refractivity (Wildman–Crippen MR) is 142 cm³/mol. The van der Waals surface area contributed by atoms with Gasteiger partial charge in [-0.3, -0.25) is 9.78 Å². The molecular formula is C29H25ClF3NO6. The van der Waals surface area contributed by atoms with Gasteiger partial charge in [-0.15, -0.1) is 13.2 Å². The Morgan fingerprint density at radius 2 is 1.60 bits per heavy atom. The Balaban J connectivity index is 1.65. The van der Waals surface area contributed by atoms with Crippen molar-refractivity contribution >= 4 is 28.5 Å². The summed E-state index contributed by atoms with van der Waals surface area (Å²) in [6, 6.07) is 15.3. The van der Waals surface area contributed by atoms with Crippen molar-refractivity contribution in [1.82, 2.24) is 4.98 Å². The van der Waals surface area contributed by atoms with Crippen molar-refractivity contribution in [2.24, 2.45) is 5.92 Å². The third kappa shape index (κ3) is 6.94. The summed E-state index contributed by atoms with van der Waals surface area (Å²) in [7, 11) is 0. The topological polar surface area (TPSA) is 87.1 Å². The molecule has 0 aliphatic carbocycles. The lowest BCUT2D eigenvalue weighted by molar-refractivity contribution is -0.274. The van der Waals surface area contributed by atoms with Crippen molar-refractivity contribution in [3.63, 3.8) is 0 Å². The number of aliphatic hydroxyl groups excluding tert-OH is 1. The number of pyridine rings is 1. The molecular weight excluding hydrogens is 551 g/mol. The minimum atomic E-state index is -4.78. The van der Waals surface area contributed by atoms with Crippen LogP contribution >= 0.6 is 11.6 Å². The lowest BCUT2D eigenvalue weighted by Gasteiger charge is -2.18. The molecule has 0 saturated carbocycles. The molecule has 0 aliphatic heterocycles. The van der Waals surface area contributed by atoms with E-state index >= 15 is 0 Å². The highest BCUT2D eigenvalue weighted by Crippen LogP contribution is 2.41. The fourth-order valence-electron chi connectivity index (χ4n) is 3.87. The number of hydrogen-bond donors (Lipinski definition) is 1. The highest BCUT2D eigenvalue weighted by Gasteiger charge is 2.31. The number of rotatable bonds is 9. The molecule has 3 aromatic carbocycles. The van der Waals surface area contributed by atoms with E-state index in [0.717, 1.165) is 12.1 Å². The van der Waals surface area contributed by atoms with Gasteiger partial charge in [0.25, 0.3) is 0 Å².